The third kappa shape index (κ3) is 3.10. The Hall–Kier alpha value is -1.49. The van der Waals surface area contributed by atoms with Gasteiger partial charge in [-0.2, -0.15) is 0 Å². The molecule has 3 rings (SSSR count). The standard InChI is InChI=1S/C15H18N2O2/c18-14-10-17(5-6-19-11-14)9-12-7-13-3-1-2-4-15(13)16-8-12/h1-4,7-8,14,18H,5-6,9-11H2. The van der Waals surface area contributed by atoms with Crippen molar-refractivity contribution in [1.82, 2.24) is 9.88 Å². The first-order valence-corrected chi connectivity index (χ1v) is 6.63. The van der Waals surface area contributed by atoms with Crippen LogP contribution in [0.5, 0.6) is 0 Å². The number of hydrogen-bond donors (Lipinski definition) is 1. The summed E-state index contributed by atoms with van der Waals surface area (Å²) in [5.74, 6) is 0. The SMILES string of the molecule is OC1COCCN(Cc2cnc3ccccc3c2)C1. The van der Waals surface area contributed by atoms with Crippen molar-refractivity contribution in [3.05, 3.63) is 42.1 Å². The normalized spacial score (nSPS) is 21.4. The average molecular weight is 258 g/mol. The summed E-state index contributed by atoms with van der Waals surface area (Å²) >= 11 is 0. The molecule has 1 atom stereocenters. The van der Waals surface area contributed by atoms with Crippen LogP contribution in [0.15, 0.2) is 36.5 Å². The Kier molecular flexibility index (Phi) is 3.73. The molecule has 0 bridgehead atoms. The van der Waals surface area contributed by atoms with Crippen LogP contribution in [0.3, 0.4) is 0 Å². The summed E-state index contributed by atoms with van der Waals surface area (Å²) in [7, 11) is 0. The second-order valence-corrected chi connectivity index (χ2v) is 5.00. The third-order valence-corrected chi connectivity index (χ3v) is 3.38. The quantitative estimate of drug-likeness (QED) is 0.885. The van der Waals surface area contributed by atoms with Gasteiger partial charge in [-0.15, -0.1) is 0 Å². The lowest BCUT2D eigenvalue weighted by molar-refractivity contribution is 0.0562. The van der Waals surface area contributed by atoms with Gasteiger partial charge >= 0.3 is 0 Å². The van der Waals surface area contributed by atoms with E-state index in [-0.39, 0.29) is 0 Å². The molecule has 1 saturated heterocycles. The minimum Gasteiger partial charge on any atom is -0.389 e. The molecule has 0 aliphatic carbocycles. The average Bonchev–Trinajstić information content (AvgIpc) is 2.63. The van der Waals surface area contributed by atoms with Crippen molar-refractivity contribution in [2.75, 3.05) is 26.3 Å². The fourth-order valence-electron chi connectivity index (χ4n) is 2.46. The number of aromatic nitrogens is 1. The van der Waals surface area contributed by atoms with E-state index in [4.69, 9.17) is 4.74 Å². The maximum Gasteiger partial charge on any atom is 0.0900 e. The van der Waals surface area contributed by atoms with E-state index in [1.165, 1.54) is 5.56 Å². The van der Waals surface area contributed by atoms with E-state index < -0.39 is 6.10 Å². The minimum absolute atomic E-state index is 0.393. The fraction of sp³-hybridized carbons (Fsp3) is 0.400. The number of benzene rings is 1. The molecule has 1 aromatic heterocycles. The van der Waals surface area contributed by atoms with Gasteiger partial charge in [0.25, 0.3) is 0 Å². The Labute approximate surface area is 112 Å². The molecule has 1 fully saturated rings. The largest absolute Gasteiger partial charge is 0.389 e. The summed E-state index contributed by atoms with van der Waals surface area (Å²) in [6, 6.07) is 10.3. The Balaban J connectivity index is 1.76. The minimum atomic E-state index is -0.393. The Bertz CT molecular complexity index is 559. The number of hydrogen-bond acceptors (Lipinski definition) is 4. The molecule has 1 aromatic carbocycles. The van der Waals surface area contributed by atoms with Gasteiger partial charge < -0.3 is 9.84 Å². The van der Waals surface area contributed by atoms with Gasteiger partial charge in [-0.25, -0.2) is 0 Å². The molecule has 1 N–H and O–H groups in total. The Morgan fingerprint density at radius 2 is 2.26 bits per heavy atom. The fourth-order valence-corrected chi connectivity index (χ4v) is 2.46. The van der Waals surface area contributed by atoms with Crippen LogP contribution in [0.4, 0.5) is 0 Å². The summed E-state index contributed by atoms with van der Waals surface area (Å²) in [5.41, 5.74) is 2.19. The van der Waals surface area contributed by atoms with E-state index in [0.29, 0.717) is 19.8 Å². The number of para-hydroxylation sites is 1. The number of aliphatic hydroxyl groups excluding tert-OH is 1. The van der Waals surface area contributed by atoms with E-state index in [1.807, 2.05) is 24.4 Å². The summed E-state index contributed by atoms with van der Waals surface area (Å²) in [6.45, 7) is 3.43. The molecule has 4 heteroatoms. The molecule has 0 spiro atoms. The van der Waals surface area contributed by atoms with Crippen LogP contribution >= 0.6 is 0 Å². The lowest BCUT2D eigenvalue weighted by Crippen LogP contribution is -2.32. The predicted octanol–water partition coefficient (Wildman–Crippen LogP) is 1.43. The number of aliphatic hydroxyl groups is 1. The zero-order chi connectivity index (χ0) is 13.1. The van der Waals surface area contributed by atoms with Gasteiger partial charge in [0, 0.05) is 31.2 Å². The van der Waals surface area contributed by atoms with Crippen molar-refractivity contribution in [3.8, 4) is 0 Å². The topological polar surface area (TPSA) is 45.6 Å². The second-order valence-electron chi connectivity index (χ2n) is 5.00. The maximum atomic E-state index is 9.73. The van der Waals surface area contributed by atoms with Crippen molar-refractivity contribution in [2.45, 2.75) is 12.6 Å². The molecule has 0 radical (unpaired) electrons. The van der Waals surface area contributed by atoms with Crippen molar-refractivity contribution in [3.63, 3.8) is 0 Å². The van der Waals surface area contributed by atoms with Crippen LogP contribution in [0, 0.1) is 0 Å². The number of pyridine rings is 1. The van der Waals surface area contributed by atoms with Crippen LogP contribution in [-0.2, 0) is 11.3 Å². The van der Waals surface area contributed by atoms with Gasteiger partial charge in [-0.3, -0.25) is 9.88 Å². The van der Waals surface area contributed by atoms with E-state index >= 15 is 0 Å². The monoisotopic (exact) mass is 258 g/mol. The van der Waals surface area contributed by atoms with Gasteiger partial charge in [0.15, 0.2) is 0 Å². The molecule has 19 heavy (non-hydrogen) atoms. The van der Waals surface area contributed by atoms with Gasteiger partial charge in [-0.1, -0.05) is 18.2 Å². The maximum absolute atomic E-state index is 9.73. The zero-order valence-electron chi connectivity index (χ0n) is 10.8. The van der Waals surface area contributed by atoms with Crippen LogP contribution in [0.1, 0.15) is 5.56 Å². The first-order valence-electron chi connectivity index (χ1n) is 6.63. The Morgan fingerprint density at radius 1 is 1.37 bits per heavy atom. The molecule has 100 valence electrons. The lowest BCUT2D eigenvalue weighted by atomic mass is 10.1. The molecule has 1 unspecified atom stereocenters. The summed E-state index contributed by atoms with van der Waals surface area (Å²) in [4.78, 5) is 6.68. The highest BCUT2D eigenvalue weighted by atomic mass is 16.5. The summed E-state index contributed by atoms with van der Waals surface area (Å²) in [6.07, 6.45) is 1.52. The number of ether oxygens (including phenoxy) is 1. The molecule has 0 saturated carbocycles. The van der Waals surface area contributed by atoms with Gasteiger partial charge in [-0.05, 0) is 17.7 Å². The van der Waals surface area contributed by atoms with Crippen molar-refractivity contribution < 1.29 is 9.84 Å². The van der Waals surface area contributed by atoms with E-state index in [0.717, 1.165) is 24.0 Å². The highest BCUT2D eigenvalue weighted by molar-refractivity contribution is 5.78. The highest BCUT2D eigenvalue weighted by Crippen LogP contribution is 2.14. The number of β-amino-alcohol motifs (C(OH)–C–C–N with tert-alkyl or cyclic N) is 1. The molecule has 4 nitrogen and oxygen atoms in total. The van der Waals surface area contributed by atoms with Gasteiger partial charge in [0.1, 0.15) is 0 Å². The van der Waals surface area contributed by atoms with Crippen LogP contribution < -0.4 is 0 Å². The van der Waals surface area contributed by atoms with Crippen molar-refractivity contribution in [2.24, 2.45) is 0 Å². The number of nitrogens with zero attached hydrogens (tertiary/aromatic N) is 2. The van der Waals surface area contributed by atoms with Gasteiger partial charge in [0.05, 0.1) is 24.8 Å². The van der Waals surface area contributed by atoms with E-state index in [9.17, 15) is 5.11 Å². The second kappa shape index (κ2) is 5.65. The van der Waals surface area contributed by atoms with Crippen LogP contribution in [0.2, 0.25) is 0 Å². The van der Waals surface area contributed by atoms with Crippen molar-refractivity contribution in [1.29, 1.82) is 0 Å². The van der Waals surface area contributed by atoms with E-state index in [1.54, 1.807) is 0 Å². The molecule has 2 aromatic rings. The summed E-state index contributed by atoms with van der Waals surface area (Å²) in [5, 5.41) is 10.9. The number of rotatable bonds is 2. The highest BCUT2D eigenvalue weighted by Gasteiger charge is 2.16. The third-order valence-electron chi connectivity index (χ3n) is 3.38. The van der Waals surface area contributed by atoms with Crippen molar-refractivity contribution >= 4 is 10.9 Å². The Morgan fingerprint density at radius 3 is 3.21 bits per heavy atom. The van der Waals surface area contributed by atoms with E-state index in [2.05, 4.69) is 22.0 Å². The molecular formula is C15H18N2O2. The molecule has 1 aliphatic heterocycles. The summed E-state index contributed by atoms with van der Waals surface area (Å²) < 4.78 is 5.34. The zero-order valence-corrected chi connectivity index (χ0v) is 10.8. The van der Waals surface area contributed by atoms with Crippen LogP contribution in [0.25, 0.3) is 10.9 Å². The first-order chi connectivity index (χ1) is 9.31. The molecule has 0 amide bonds. The smallest absolute Gasteiger partial charge is 0.0900 e. The molecule has 1 aliphatic rings. The molecular weight excluding hydrogens is 240 g/mol. The van der Waals surface area contributed by atoms with Gasteiger partial charge in [0.2, 0.25) is 0 Å². The predicted molar refractivity (Wildman–Crippen MR) is 73.8 cm³/mol. The molecule has 2 heterocycles. The first kappa shape index (κ1) is 12.5. The number of fused-ring (bicyclic) bond motifs is 1. The lowest BCUT2D eigenvalue weighted by Gasteiger charge is -2.20. The van der Waals surface area contributed by atoms with Crippen LogP contribution in [-0.4, -0.2) is 47.4 Å².